The normalized spacial score (nSPS) is 15.3. The molecule has 2 aromatic heterocycles. The Bertz CT molecular complexity index is 928. The van der Waals surface area contributed by atoms with E-state index in [9.17, 15) is 4.79 Å². The van der Waals surface area contributed by atoms with Crippen molar-refractivity contribution in [3.8, 4) is 5.69 Å². The van der Waals surface area contributed by atoms with E-state index in [1.54, 1.807) is 23.5 Å². The summed E-state index contributed by atoms with van der Waals surface area (Å²) in [5, 5.41) is 9.32. The summed E-state index contributed by atoms with van der Waals surface area (Å²) in [6, 6.07) is 7.80. The van der Waals surface area contributed by atoms with Gasteiger partial charge in [0.1, 0.15) is 12.7 Å². The van der Waals surface area contributed by atoms with Gasteiger partial charge in [0.15, 0.2) is 0 Å². The molecule has 1 amide bonds. The van der Waals surface area contributed by atoms with Gasteiger partial charge in [-0.15, -0.1) is 0 Å². The number of piperidine rings is 1. The van der Waals surface area contributed by atoms with Gasteiger partial charge in [-0.25, -0.2) is 14.3 Å². The van der Waals surface area contributed by atoms with Gasteiger partial charge in [0.25, 0.3) is 5.91 Å². The quantitative estimate of drug-likeness (QED) is 0.692. The molecular formula is C19H21ClN6O. The molecule has 0 aliphatic carbocycles. The lowest BCUT2D eigenvalue weighted by molar-refractivity contribution is 0.0688. The Hall–Kier alpha value is -2.67. The first-order valence-electron chi connectivity index (χ1n) is 9.13. The van der Waals surface area contributed by atoms with Crippen molar-refractivity contribution in [1.82, 2.24) is 29.4 Å². The summed E-state index contributed by atoms with van der Waals surface area (Å²) in [4.78, 5) is 19.0. The number of halogens is 1. The molecule has 0 unspecified atom stereocenters. The van der Waals surface area contributed by atoms with Crippen LogP contribution in [-0.4, -0.2) is 48.4 Å². The minimum Gasteiger partial charge on any atom is -0.338 e. The number of hydrogen-bond acceptors (Lipinski definition) is 4. The Morgan fingerprint density at radius 2 is 2.07 bits per heavy atom. The van der Waals surface area contributed by atoms with Crippen LogP contribution in [0.25, 0.3) is 5.69 Å². The maximum absolute atomic E-state index is 13.1. The Morgan fingerprint density at radius 1 is 1.26 bits per heavy atom. The molecule has 0 bridgehead atoms. The summed E-state index contributed by atoms with van der Waals surface area (Å²) in [6.45, 7) is 3.44. The zero-order chi connectivity index (χ0) is 18.8. The second-order valence-corrected chi connectivity index (χ2v) is 7.09. The molecule has 1 aliphatic heterocycles. The van der Waals surface area contributed by atoms with Crippen molar-refractivity contribution >= 4 is 17.5 Å². The molecule has 0 atom stereocenters. The smallest absolute Gasteiger partial charge is 0.257 e. The lowest BCUT2D eigenvalue weighted by Crippen LogP contribution is -2.39. The first-order valence-corrected chi connectivity index (χ1v) is 9.51. The van der Waals surface area contributed by atoms with Crippen LogP contribution < -0.4 is 0 Å². The highest BCUT2D eigenvalue weighted by atomic mass is 35.5. The molecule has 8 heteroatoms. The van der Waals surface area contributed by atoms with Crippen LogP contribution in [0.4, 0.5) is 0 Å². The standard InChI is InChI=1S/C19H21ClN6O/c1-2-18-17(11-22-26(18)16-5-3-4-14(20)10-16)19(27)24-8-6-15(7-9-24)25-13-21-12-23-25/h3-5,10-13,15H,2,6-9H2,1H3. The zero-order valence-electron chi connectivity index (χ0n) is 15.1. The van der Waals surface area contributed by atoms with Gasteiger partial charge in [-0.3, -0.25) is 4.79 Å². The molecule has 4 rings (SSSR count). The number of carbonyl (C=O) groups is 1. The monoisotopic (exact) mass is 384 g/mol. The number of benzene rings is 1. The zero-order valence-corrected chi connectivity index (χ0v) is 15.9. The lowest BCUT2D eigenvalue weighted by Gasteiger charge is -2.31. The predicted octanol–water partition coefficient (Wildman–Crippen LogP) is 3.16. The summed E-state index contributed by atoms with van der Waals surface area (Å²) >= 11 is 6.11. The van der Waals surface area contributed by atoms with E-state index in [1.165, 1.54) is 0 Å². The molecule has 140 valence electrons. The van der Waals surface area contributed by atoms with E-state index < -0.39 is 0 Å². The van der Waals surface area contributed by atoms with Gasteiger partial charge in [-0.1, -0.05) is 24.6 Å². The Morgan fingerprint density at radius 3 is 2.74 bits per heavy atom. The van der Waals surface area contributed by atoms with Crippen molar-refractivity contribution in [1.29, 1.82) is 0 Å². The fourth-order valence-corrected chi connectivity index (χ4v) is 3.82. The van der Waals surface area contributed by atoms with E-state index >= 15 is 0 Å². The van der Waals surface area contributed by atoms with Crippen LogP contribution in [0.5, 0.6) is 0 Å². The van der Waals surface area contributed by atoms with Crippen LogP contribution in [0.15, 0.2) is 43.1 Å². The van der Waals surface area contributed by atoms with E-state index in [0.717, 1.165) is 24.2 Å². The van der Waals surface area contributed by atoms with Crippen LogP contribution >= 0.6 is 11.6 Å². The predicted molar refractivity (Wildman–Crippen MR) is 102 cm³/mol. The highest BCUT2D eigenvalue weighted by Crippen LogP contribution is 2.25. The second kappa shape index (κ2) is 7.52. The van der Waals surface area contributed by atoms with Crippen molar-refractivity contribution in [2.75, 3.05) is 13.1 Å². The molecule has 3 heterocycles. The van der Waals surface area contributed by atoms with Crippen molar-refractivity contribution in [3.05, 3.63) is 59.4 Å². The Balaban J connectivity index is 1.53. The van der Waals surface area contributed by atoms with Crippen molar-refractivity contribution in [2.45, 2.75) is 32.2 Å². The van der Waals surface area contributed by atoms with Crippen LogP contribution in [0.2, 0.25) is 5.02 Å². The lowest BCUT2D eigenvalue weighted by atomic mass is 10.0. The van der Waals surface area contributed by atoms with Crippen LogP contribution in [0, 0.1) is 0 Å². The number of carbonyl (C=O) groups excluding carboxylic acids is 1. The number of rotatable bonds is 4. The number of amides is 1. The largest absolute Gasteiger partial charge is 0.338 e. The Labute approximate surface area is 162 Å². The number of likely N-dealkylation sites (tertiary alicyclic amines) is 1. The van der Waals surface area contributed by atoms with E-state index in [0.29, 0.717) is 36.1 Å². The van der Waals surface area contributed by atoms with Gasteiger partial charge in [0.05, 0.1) is 29.2 Å². The molecule has 1 saturated heterocycles. The van der Waals surface area contributed by atoms with Gasteiger partial charge in [-0.05, 0) is 37.5 Å². The average Bonchev–Trinajstić information content (AvgIpc) is 3.37. The van der Waals surface area contributed by atoms with Gasteiger partial charge < -0.3 is 4.90 Å². The molecule has 0 spiro atoms. The molecule has 1 fully saturated rings. The first-order chi connectivity index (χ1) is 13.2. The third-order valence-corrected chi connectivity index (χ3v) is 5.28. The van der Waals surface area contributed by atoms with E-state index in [-0.39, 0.29) is 5.91 Å². The molecule has 0 saturated carbocycles. The van der Waals surface area contributed by atoms with Gasteiger partial charge in [0, 0.05) is 18.1 Å². The molecule has 1 aliphatic rings. The van der Waals surface area contributed by atoms with E-state index in [1.807, 2.05) is 40.8 Å². The Kier molecular flexibility index (Phi) is 4.94. The highest BCUT2D eigenvalue weighted by Gasteiger charge is 2.27. The van der Waals surface area contributed by atoms with Gasteiger partial charge in [0.2, 0.25) is 0 Å². The van der Waals surface area contributed by atoms with Crippen LogP contribution in [-0.2, 0) is 6.42 Å². The fourth-order valence-electron chi connectivity index (χ4n) is 3.63. The summed E-state index contributed by atoms with van der Waals surface area (Å²) in [6.07, 6.45) is 7.42. The van der Waals surface area contributed by atoms with Crippen molar-refractivity contribution < 1.29 is 4.79 Å². The third-order valence-electron chi connectivity index (χ3n) is 5.05. The first kappa shape index (κ1) is 17.7. The SMILES string of the molecule is CCc1c(C(=O)N2CCC(n3cncn3)CC2)cnn1-c1cccc(Cl)c1. The summed E-state index contributed by atoms with van der Waals surface area (Å²) in [5.41, 5.74) is 2.43. The molecule has 7 nitrogen and oxygen atoms in total. The van der Waals surface area contributed by atoms with Crippen molar-refractivity contribution in [2.24, 2.45) is 0 Å². The number of aromatic nitrogens is 5. The minimum absolute atomic E-state index is 0.0390. The molecular weight excluding hydrogens is 364 g/mol. The molecule has 0 radical (unpaired) electrons. The third kappa shape index (κ3) is 3.47. The fraction of sp³-hybridized carbons (Fsp3) is 0.368. The average molecular weight is 385 g/mol. The van der Waals surface area contributed by atoms with Gasteiger partial charge in [-0.2, -0.15) is 10.2 Å². The molecule has 0 N–H and O–H groups in total. The molecule has 27 heavy (non-hydrogen) atoms. The summed E-state index contributed by atoms with van der Waals surface area (Å²) < 4.78 is 3.69. The van der Waals surface area contributed by atoms with Crippen molar-refractivity contribution in [3.63, 3.8) is 0 Å². The summed E-state index contributed by atoms with van der Waals surface area (Å²) in [5.74, 6) is 0.0390. The van der Waals surface area contributed by atoms with E-state index in [4.69, 9.17) is 11.6 Å². The maximum Gasteiger partial charge on any atom is 0.257 e. The second-order valence-electron chi connectivity index (χ2n) is 6.65. The molecule has 3 aromatic rings. The van der Waals surface area contributed by atoms with Crippen LogP contribution in [0.1, 0.15) is 41.9 Å². The number of hydrogen-bond donors (Lipinski definition) is 0. The summed E-state index contributed by atoms with van der Waals surface area (Å²) in [7, 11) is 0. The maximum atomic E-state index is 13.1. The molecule has 1 aromatic carbocycles. The number of nitrogens with zero attached hydrogens (tertiary/aromatic N) is 6. The van der Waals surface area contributed by atoms with Crippen LogP contribution in [0.3, 0.4) is 0 Å². The highest BCUT2D eigenvalue weighted by molar-refractivity contribution is 6.30. The van der Waals surface area contributed by atoms with Gasteiger partial charge >= 0.3 is 0 Å². The minimum atomic E-state index is 0.0390. The van der Waals surface area contributed by atoms with E-state index in [2.05, 4.69) is 15.2 Å². The topological polar surface area (TPSA) is 68.8 Å².